The quantitative estimate of drug-likeness (QED) is 0.832. The number of rotatable bonds is 4. The predicted octanol–water partition coefficient (Wildman–Crippen LogP) is 2.81. The molecule has 0 aromatic heterocycles. The van der Waals surface area contributed by atoms with Crippen molar-refractivity contribution < 1.29 is 18.3 Å². The molecular weight excluding hydrogens is 231 g/mol. The lowest BCUT2D eigenvalue weighted by molar-refractivity contribution is -0.204. The summed E-state index contributed by atoms with van der Waals surface area (Å²) in [6, 6.07) is -0.552. The molecule has 1 aliphatic carbocycles. The van der Waals surface area contributed by atoms with Gasteiger partial charge in [-0.3, -0.25) is 4.90 Å². The van der Waals surface area contributed by atoms with Gasteiger partial charge in [0.05, 0.1) is 12.0 Å². The number of alkyl halides is 3. The van der Waals surface area contributed by atoms with Crippen molar-refractivity contribution in [2.45, 2.75) is 57.9 Å². The SMILES string of the molecule is CCCN(CC)C1CC(O)CCC1C(F)(F)F. The number of nitrogens with zero attached hydrogens (tertiary/aromatic N) is 1. The monoisotopic (exact) mass is 253 g/mol. The van der Waals surface area contributed by atoms with E-state index in [0.29, 0.717) is 13.1 Å². The molecule has 0 heterocycles. The Balaban J connectivity index is 2.79. The molecule has 1 aliphatic rings. The molecule has 1 fully saturated rings. The van der Waals surface area contributed by atoms with Crippen molar-refractivity contribution in [3.05, 3.63) is 0 Å². The van der Waals surface area contributed by atoms with Crippen molar-refractivity contribution >= 4 is 0 Å². The van der Waals surface area contributed by atoms with E-state index in [4.69, 9.17) is 0 Å². The average Bonchev–Trinajstić information content (AvgIpc) is 2.24. The maximum absolute atomic E-state index is 12.9. The highest BCUT2D eigenvalue weighted by molar-refractivity contribution is 4.90. The van der Waals surface area contributed by atoms with E-state index in [1.165, 1.54) is 0 Å². The molecule has 5 heteroatoms. The molecule has 3 atom stereocenters. The molecule has 2 nitrogen and oxygen atoms in total. The van der Waals surface area contributed by atoms with Gasteiger partial charge in [0.2, 0.25) is 0 Å². The summed E-state index contributed by atoms with van der Waals surface area (Å²) in [5, 5.41) is 9.58. The predicted molar refractivity (Wildman–Crippen MR) is 60.7 cm³/mol. The van der Waals surface area contributed by atoms with Gasteiger partial charge < -0.3 is 5.11 Å². The van der Waals surface area contributed by atoms with Gasteiger partial charge in [0.25, 0.3) is 0 Å². The Kier molecular flexibility index (Phi) is 5.25. The van der Waals surface area contributed by atoms with Crippen LogP contribution in [-0.4, -0.2) is 41.4 Å². The molecule has 0 radical (unpaired) electrons. The highest BCUT2D eigenvalue weighted by Gasteiger charge is 2.48. The Hall–Kier alpha value is -0.290. The molecule has 0 aromatic carbocycles. The Morgan fingerprint density at radius 2 is 1.88 bits per heavy atom. The fourth-order valence-corrected chi connectivity index (χ4v) is 2.76. The van der Waals surface area contributed by atoms with Crippen LogP contribution in [0.15, 0.2) is 0 Å². The summed E-state index contributed by atoms with van der Waals surface area (Å²) in [4.78, 5) is 1.86. The largest absolute Gasteiger partial charge is 0.393 e. The zero-order chi connectivity index (χ0) is 13.1. The van der Waals surface area contributed by atoms with Crippen molar-refractivity contribution in [2.24, 2.45) is 5.92 Å². The minimum atomic E-state index is -4.15. The van der Waals surface area contributed by atoms with Gasteiger partial charge in [-0.05, 0) is 38.8 Å². The van der Waals surface area contributed by atoms with Gasteiger partial charge >= 0.3 is 6.18 Å². The first-order valence-electron chi connectivity index (χ1n) is 6.39. The van der Waals surface area contributed by atoms with Crippen LogP contribution in [-0.2, 0) is 0 Å². The Morgan fingerprint density at radius 1 is 1.24 bits per heavy atom. The zero-order valence-electron chi connectivity index (χ0n) is 10.5. The maximum atomic E-state index is 12.9. The van der Waals surface area contributed by atoms with Gasteiger partial charge in [0, 0.05) is 6.04 Å². The highest BCUT2D eigenvalue weighted by atomic mass is 19.4. The van der Waals surface area contributed by atoms with E-state index in [1.54, 1.807) is 0 Å². The van der Waals surface area contributed by atoms with Crippen LogP contribution in [0.1, 0.15) is 39.5 Å². The molecule has 3 unspecified atom stereocenters. The Morgan fingerprint density at radius 3 is 2.35 bits per heavy atom. The van der Waals surface area contributed by atoms with E-state index in [1.807, 2.05) is 18.7 Å². The molecule has 0 amide bonds. The molecular formula is C12H22F3NO. The lowest BCUT2D eigenvalue weighted by atomic mass is 9.81. The van der Waals surface area contributed by atoms with Crippen LogP contribution in [0, 0.1) is 5.92 Å². The number of aliphatic hydroxyl groups excluding tert-OH is 1. The van der Waals surface area contributed by atoms with Gasteiger partial charge in [0.1, 0.15) is 0 Å². The Bertz CT molecular complexity index is 232. The molecule has 0 bridgehead atoms. The highest BCUT2D eigenvalue weighted by Crippen LogP contribution is 2.40. The van der Waals surface area contributed by atoms with Crippen LogP contribution in [0.2, 0.25) is 0 Å². The number of hydrogen-bond donors (Lipinski definition) is 1. The minimum absolute atomic E-state index is 0.0511. The summed E-state index contributed by atoms with van der Waals surface area (Å²) in [7, 11) is 0. The van der Waals surface area contributed by atoms with Gasteiger partial charge in [-0.2, -0.15) is 13.2 Å². The van der Waals surface area contributed by atoms with Gasteiger partial charge in [0.15, 0.2) is 0 Å². The van der Waals surface area contributed by atoms with Gasteiger partial charge in [-0.1, -0.05) is 13.8 Å². The second kappa shape index (κ2) is 6.05. The summed E-state index contributed by atoms with van der Waals surface area (Å²) in [6.45, 7) is 5.12. The van der Waals surface area contributed by atoms with Gasteiger partial charge in [-0.25, -0.2) is 0 Å². The van der Waals surface area contributed by atoms with E-state index >= 15 is 0 Å². The summed E-state index contributed by atoms with van der Waals surface area (Å²) in [5.74, 6) is -1.28. The van der Waals surface area contributed by atoms with Crippen LogP contribution in [0.25, 0.3) is 0 Å². The van der Waals surface area contributed by atoms with Crippen LogP contribution < -0.4 is 0 Å². The smallest absolute Gasteiger partial charge is 0.393 e. The third-order valence-electron chi connectivity index (χ3n) is 3.60. The second-order valence-electron chi connectivity index (χ2n) is 4.81. The molecule has 1 rings (SSSR count). The lowest BCUT2D eigenvalue weighted by Crippen LogP contribution is -2.50. The molecule has 1 N–H and O–H groups in total. The molecule has 102 valence electrons. The standard InChI is InChI=1S/C12H22F3NO/c1-3-7-16(4-2)11-8-9(17)5-6-10(11)12(13,14)15/h9-11,17H,3-8H2,1-2H3. The number of aliphatic hydroxyl groups is 1. The summed E-state index contributed by atoms with van der Waals surface area (Å²) in [5.41, 5.74) is 0. The molecule has 0 aliphatic heterocycles. The first-order chi connectivity index (χ1) is 7.90. The van der Waals surface area contributed by atoms with Crippen LogP contribution in [0.5, 0.6) is 0 Å². The van der Waals surface area contributed by atoms with Crippen molar-refractivity contribution in [3.8, 4) is 0 Å². The van der Waals surface area contributed by atoms with Crippen molar-refractivity contribution in [3.63, 3.8) is 0 Å². The summed E-state index contributed by atoms with van der Waals surface area (Å²) < 4.78 is 38.8. The van der Waals surface area contributed by atoms with E-state index in [2.05, 4.69) is 0 Å². The van der Waals surface area contributed by atoms with Crippen molar-refractivity contribution in [2.75, 3.05) is 13.1 Å². The topological polar surface area (TPSA) is 23.5 Å². The van der Waals surface area contributed by atoms with Crippen LogP contribution in [0.3, 0.4) is 0 Å². The van der Waals surface area contributed by atoms with E-state index < -0.39 is 24.2 Å². The van der Waals surface area contributed by atoms with Crippen molar-refractivity contribution in [1.29, 1.82) is 0 Å². The van der Waals surface area contributed by atoms with Gasteiger partial charge in [-0.15, -0.1) is 0 Å². The third kappa shape index (κ3) is 3.85. The van der Waals surface area contributed by atoms with E-state index in [0.717, 1.165) is 6.42 Å². The maximum Gasteiger partial charge on any atom is 0.393 e. The summed E-state index contributed by atoms with van der Waals surface area (Å²) in [6.07, 6.45) is -3.32. The van der Waals surface area contributed by atoms with E-state index in [-0.39, 0.29) is 19.3 Å². The van der Waals surface area contributed by atoms with Crippen LogP contribution in [0.4, 0.5) is 13.2 Å². The second-order valence-corrected chi connectivity index (χ2v) is 4.81. The molecule has 0 spiro atoms. The zero-order valence-corrected chi connectivity index (χ0v) is 10.5. The fourth-order valence-electron chi connectivity index (χ4n) is 2.76. The molecule has 17 heavy (non-hydrogen) atoms. The van der Waals surface area contributed by atoms with E-state index in [9.17, 15) is 18.3 Å². The van der Waals surface area contributed by atoms with Crippen LogP contribution >= 0.6 is 0 Å². The average molecular weight is 253 g/mol. The molecule has 0 saturated heterocycles. The van der Waals surface area contributed by atoms with Crippen molar-refractivity contribution in [1.82, 2.24) is 4.90 Å². The number of hydrogen-bond acceptors (Lipinski definition) is 2. The lowest BCUT2D eigenvalue weighted by Gasteiger charge is -2.41. The summed E-state index contributed by atoms with van der Waals surface area (Å²) >= 11 is 0. The number of halogens is 3. The first kappa shape index (κ1) is 14.8. The Labute approximate surface area is 101 Å². The third-order valence-corrected chi connectivity index (χ3v) is 3.60. The fraction of sp³-hybridized carbons (Fsp3) is 1.00. The normalized spacial score (nSPS) is 30.9. The first-order valence-corrected chi connectivity index (χ1v) is 6.39. The molecule has 0 aromatic rings. The minimum Gasteiger partial charge on any atom is -0.393 e. The molecule has 1 saturated carbocycles.